The Hall–Kier alpha value is -1.99. The van der Waals surface area contributed by atoms with Gasteiger partial charge in [-0.25, -0.2) is 4.98 Å². The first-order chi connectivity index (χ1) is 12.2. The van der Waals surface area contributed by atoms with Crippen molar-refractivity contribution in [3.63, 3.8) is 0 Å². The number of likely N-dealkylation sites (tertiary alicyclic amines) is 2. The molecule has 7 heteroatoms. The van der Waals surface area contributed by atoms with E-state index < -0.39 is 0 Å². The fourth-order valence-corrected chi connectivity index (χ4v) is 3.94. The molecule has 0 saturated carbocycles. The second-order valence-corrected chi connectivity index (χ2v) is 6.98. The van der Waals surface area contributed by atoms with Gasteiger partial charge in [0.15, 0.2) is 0 Å². The van der Waals surface area contributed by atoms with E-state index in [-0.39, 0.29) is 6.04 Å². The van der Waals surface area contributed by atoms with Crippen LogP contribution in [0.4, 0.5) is 0 Å². The standard InChI is InChI=1S/C18H25N5O2/c1-22-10-7-14(8-11-22)23-9-3-4-15(23)18-20-17(21-25-18)13-5-6-16(24-2)19-12-13/h5-6,12,14-15H,3-4,7-11H2,1-2H3. The minimum absolute atomic E-state index is 0.251. The molecule has 0 N–H and O–H groups in total. The van der Waals surface area contributed by atoms with Crippen LogP contribution in [0.3, 0.4) is 0 Å². The van der Waals surface area contributed by atoms with E-state index >= 15 is 0 Å². The van der Waals surface area contributed by atoms with Crippen molar-refractivity contribution in [3.8, 4) is 17.3 Å². The average Bonchev–Trinajstić information content (AvgIpc) is 3.31. The lowest BCUT2D eigenvalue weighted by Gasteiger charge is -2.37. The van der Waals surface area contributed by atoms with Gasteiger partial charge in [-0.3, -0.25) is 4.90 Å². The fraction of sp³-hybridized carbons (Fsp3) is 0.611. The Morgan fingerprint density at radius 3 is 2.72 bits per heavy atom. The van der Waals surface area contributed by atoms with E-state index in [1.54, 1.807) is 13.3 Å². The van der Waals surface area contributed by atoms with Gasteiger partial charge in [-0.2, -0.15) is 4.98 Å². The molecule has 7 nitrogen and oxygen atoms in total. The Labute approximate surface area is 148 Å². The molecule has 0 aliphatic carbocycles. The second kappa shape index (κ2) is 7.09. The van der Waals surface area contributed by atoms with Crippen molar-refractivity contribution < 1.29 is 9.26 Å². The molecule has 0 radical (unpaired) electrons. The highest BCUT2D eigenvalue weighted by atomic mass is 16.5. The number of methoxy groups -OCH3 is 1. The fourth-order valence-electron chi connectivity index (χ4n) is 3.94. The van der Waals surface area contributed by atoms with E-state index in [4.69, 9.17) is 9.26 Å². The molecule has 4 rings (SSSR count). The van der Waals surface area contributed by atoms with Crippen LogP contribution in [0.1, 0.15) is 37.6 Å². The summed E-state index contributed by atoms with van der Waals surface area (Å²) in [6.45, 7) is 3.46. The molecule has 2 aromatic rings. The molecule has 1 unspecified atom stereocenters. The van der Waals surface area contributed by atoms with Gasteiger partial charge in [0.05, 0.1) is 13.2 Å². The summed E-state index contributed by atoms with van der Waals surface area (Å²) in [7, 11) is 3.80. The Kier molecular flexibility index (Phi) is 4.67. The lowest BCUT2D eigenvalue weighted by Crippen LogP contribution is -2.43. The van der Waals surface area contributed by atoms with Crippen molar-refractivity contribution in [2.75, 3.05) is 33.8 Å². The summed E-state index contributed by atoms with van der Waals surface area (Å²) in [5, 5.41) is 4.18. The zero-order valence-corrected chi connectivity index (χ0v) is 14.9. The maximum atomic E-state index is 5.63. The van der Waals surface area contributed by atoms with Crippen LogP contribution in [-0.2, 0) is 0 Å². The molecule has 2 aromatic heterocycles. The maximum absolute atomic E-state index is 5.63. The normalized spacial score (nSPS) is 23.2. The molecule has 0 bridgehead atoms. The summed E-state index contributed by atoms with van der Waals surface area (Å²) >= 11 is 0. The van der Waals surface area contributed by atoms with Gasteiger partial charge in [0.25, 0.3) is 0 Å². The van der Waals surface area contributed by atoms with Gasteiger partial charge >= 0.3 is 0 Å². The van der Waals surface area contributed by atoms with Crippen LogP contribution in [-0.4, -0.2) is 64.8 Å². The largest absolute Gasteiger partial charge is 0.481 e. The Morgan fingerprint density at radius 2 is 2.00 bits per heavy atom. The zero-order chi connectivity index (χ0) is 17.2. The number of rotatable bonds is 4. The topological polar surface area (TPSA) is 67.5 Å². The monoisotopic (exact) mass is 343 g/mol. The summed E-state index contributed by atoms with van der Waals surface area (Å²) in [4.78, 5) is 13.9. The number of nitrogens with zero attached hydrogens (tertiary/aromatic N) is 5. The summed E-state index contributed by atoms with van der Waals surface area (Å²) in [6.07, 6.45) is 6.44. The number of hydrogen-bond donors (Lipinski definition) is 0. The third-order valence-corrected chi connectivity index (χ3v) is 5.38. The molecule has 134 valence electrons. The molecule has 2 aliphatic rings. The molecule has 4 heterocycles. The van der Waals surface area contributed by atoms with E-state index in [1.807, 2.05) is 12.1 Å². The predicted octanol–water partition coefficient (Wildman–Crippen LogP) is 2.37. The first-order valence-corrected chi connectivity index (χ1v) is 9.03. The van der Waals surface area contributed by atoms with Crippen molar-refractivity contribution in [2.45, 2.75) is 37.8 Å². The summed E-state index contributed by atoms with van der Waals surface area (Å²) < 4.78 is 10.7. The van der Waals surface area contributed by atoms with E-state index in [0.717, 1.165) is 24.4 Å². The molecule has 2 saturated heterocycles. The van der Waals surface area contributed by atoms with Crippen molar-refractivity contribution in [2.24, 2.45) is 0 Å². The van der Waals surface area contributed by atoms with Gasteiger partial charge in [-0.15, -0.1) is 0 Å². The predicted molar refractivity (Wildman–Crippen MR) is 93.3 cm³/mol. The molecule has 0 amide bonds. The number of aromatic nitrogens is 3. The molecule has 2 fully saturated rings. The molecule has 2 aliphatic heterocycles. The molecule has 0 spiro atoms. The highest BCUT2D eigenvalue weighted by Crippen LogP contribution is 2.36. The maximum Gasteiger partial charge on any atom is 0.244 e. The highest BCUT2D eigenvalue weighted by Gasteiger charge is 2.36. The first-order valence-electron chi connectivity index (χ1n) is 9.03. The lowest BCUT2D eigenvalue weighted by atomic mass is 10.0. The van der Waals surface area contributed by atoms with Gasteiger partial charge in [-0.1, -0.05) is 5.16 Å². The van der Waals surface area contributed by atoms with Crippen LogP contribution in [0.25, 0.3) is 11.4 Å². The number of piperidine rings is 1. The molecular weight excluding hydrogens is 318 g/mol. The third-order valence-electron chi connectivity index (χ3n) is 5.38. The molecular formula is C18H25N5O2. The second-order valence-electron chi connectivity index (χ2n) is 6.98. The van der Waals surface area contributed by atoms with Crippen molar-refractivity contribution in [1.29, 1.82) is 0 Å². The van der Waals surface area contributed by atoms with E-state index in [9.17, 15) is 0 Å². The summed E-state index contributed by atoms with van der Waals surface area (Å²) in [6, 6.07) is 4.60. The van der Waals surface area contributed by atoms with Crippen LogP contribution in [0.5, 0.6) is 5.88 Å². The van der Waals surface area contributed by atoms with E-state index in [0.29, 0.717) is 17.7 Å². The van der Waals surface area contributed by atoms with Gasteiger partial charge in [0, 0.05) is 23.9 Å². The van der Waals surface area contributed by atoms with Crippen LogP contribution in [0.15, 0.2) is 22.9 Å². The van der Waals surface area contributed by atoms with Crippen molar-refractivity contribution in [1.82, 2.24) is 24.9 Å². The smallest absolute Gasteiger partial charge is 0.244 e. The SMILES string of the molecule is COc1ccc(-c2noc(C3CCCN3C3CCN(C)CC3)n2)cn1. The zero-order valence-electron chi connectivity index (χ0n) is 14.9. The highest BCUT2D eigenvalue weighted by molar-refractivity contribution is 5.53. The Bertz CT molecular complexity index is 694. The molecule has 0 aromatic carbocycles. The summed E-state index contributed by atoms with van der Waals surface area (Å²) in [5.74, 6) is 1.92. The third kappa shape index (κ3) is 3.39. The van der Waals surface area contributed by atoms with Crippen LogP contribution < -0.4 is 4.74 Å². The van der Waals surface area contributed by atoms with Crippen LogP contribution in [0.2, 0.25) is 0 Å². The number of ether oxygens (including phenoxy) is 1. The van der Waals surface area contributed by atoms with Crippen LogP contribution >= 0.6 is 0 Å². The van der Waals surface area contributed by atoms with Crippen LogP contribution in [0, 0.1) is 0 Å². The quantitative estimate of drug-likeness (QED) is 0.844. The van der Waals surface area contributed by atoms with Gasteiger partial charge < -0.3 is 14.2 Å². The minimum atomic E-state index is 0.251. The Balaban J connectivity index is 1.50. The number of hydrogen-bond acceptors (Lipinski definition) is 7. The van der Waals surface area contributed by atoms with Gasteiger partial charge in [0.1, 0.15) is 0 Å². The summed E-state index contributed by atoms with van der Waals surface area (Å²) in [5.41, 5.74) is 0.847. The average molecular weight is 343 g/mol. The minimum Gasteiger partial charge on any atom is -0.481 e. The van der Waals surface area contributed by atoms with Crippen molar-refractivity contribution >= 4 is 0 Å². The first kappa shape index (κ1) is 16.5. The van der Waals surface area contributed by atoms with E-state index in [2.05, 4.69) is 32.0 Å². The molecule has 1 atom stereocenters. The van der Waals surface area contributed by atoms with Gasteiger partial charge in [-0.05, 0) is 58.4 Å². The van der Waals surface area contributed by atoms with E-state index in [1.165, 1.54) is 32.4 Å². The van der Waals surface area contributed by atoms with Gasteiger partial charge in [0.2, 0.25) is 17.6 Å². The Morgan fingerprint density at radius 1 is 1.16 bits per heavy atom. The number of pyridine rings is 1. The lowest BCUT2D eigenvalue weighted by molar-refractivity contribution is 0.0958. The van der Waals surface area contributed by atoms with Crippen molar-refractivity contribution in [3.05, 3.63) is 24.2 Å². The molecule has 25 heavy (non-hydrogen) atoms.